The van der Waals surface area contributed by atoms with E-state index in [1.807, 2.05) is 60.7 Å². The average molecular weight is 558 g/mol. The van der Waals surface area contributed by atoms with Crippen LogP contribution in [0.2, 0.25) is 0 Å². The van der Waals surface area contributed by atoms with Crippen LogP contribution in [0.15, 0.2) is 83.9 Å². The van der Waals surface area contributed by atoms with Crippen LogP contribution in [0.25, 0.3) is 11.1 Å². The van der Waals surface area contributed by atoms with Crippen LogP contribution >= 0.6 is 24.0 Å². The third-order valence-electron chi connectivity index (χ3n) is 4.97. The number of ether oxygens (including phenoxy) is 1. The van der Waals surface area contributed by atoms with E-state index in [0.717, 1.165) is 28.9 Å². The van der Waals surface area contributed by atoms with Crippen molar-refractivity contribution in [3.63, 3.8) is 0 Å². The van der Waals surface area contributed by atoms with Gasteiger partial charge in [-0.25, -0.2) is 0 Å². The molecule has 0 aromatic heterocycles. The molecule has 1 amide bonds. The number of benzene rings is 3. The quantitative estimate of drug-likeness (QED) is 0.160. The molecule has 174 valence electrons. The molecular weight excluding hydrogens is 527 g/mol. The maximum Gasteiger partial charge on any atom is 0.251 e. The Balaban J connectivity index is 0.00000385. The van der Waals surface area contributed by atoms with Gasteiger partial charge in [0.1, 0.15) is 12.4 Å². The van der Waals surface area contributed by atoms with Gasteiger partial charge in [0.2, 0.25) is 0 Å². The number of amides is 1. The van der Waals surface area contributed by atoms with E-state index < -0.39 is 0 Å². The second-order valence-corrected chi connectivity index (χ2v) is 7.17. The summed E-state index contributed by atoms with van der Waals surface area (Å²) in [4.78, 5) is 16.0. The lowest BCUT2D eigenvalue weighted by Gasteiger charge is -2.14. The molecule has 0 aliphatic heterocycles. The number of hydrogen-bond donors (Lipinski definition) is 3. The predicted octanol–water partition coefficient (Wildman–Crippen LogP) is 4.12. The number of hydrogen-bond acceptors (Lipinski definition) is 3. The van der Waals surface area contributed by atoms with Crippen LogP contribution in [0.5, 0.6) is 5.75 Å². The number of para-hydroxylation sites is 1. The minimum Gasteiger partial charge on any atom is -0.491 e. The maximum atomic E-state index is 11.8. The van der Waals surface area contributed by atoms with Crippen molar-refractivity contribution in [2.75, 3.05) is 33.8 Å². The molecule has 0 atom stereocenters. The predicted molar refractivity (Wildman–Crippen MR) is 146 cm³/mol. The molecule has 0 spiro atoms. The zero-order valence-electron chi connectivity index (χ0n) is 19.0. The number of carbonyl (C=O) groups excluding carboxylic acids is 1. The third-order valence-corrected chi connectivity index (χ3v) is 4.97. The molecule has 0 unspecified atom stereocenters. The summed E-state index contributed by atoms with van der Waals surface area (Å²) in [5.41, 5.74) is 3.97. The fourth-order valence-corrected chi connectivity index (χ4v) is 3.34. The van der Waals surface area contributed by atoms with Crippen molar-refractivity contribution < 1.29 is 9.53 Å². The van der Waals surface area contributed by atoms with E-state index in [9.17, 15) is 4.79 Å². The standard InChI is InChI=1S/C26H30N4O2.HI/c1-27-25(31)22-12-8-9-20(19-22)15-16-29-26(28-2)30-17-18-32-24-14-7-6-13-23(24)21-10-4-3-5-11-21;/h3-14,19H,15-18H2,1-2H3,(H,27,31)(H2,28,29,30);1H. The van der Waals surface area contributed by atoms with Crippen LogP contribution in [0.4, 0.5) is 0 Å². The van der Waals surface area contributed by atoms with Gasteiger partial charge < -0.3 is 20.7 Å². The molecule has 0 saturated heterocycles. The summed E-state index contributed by atoms with van der Waals surface area (Å²) >= 11 is 0. The average Bonchev–Trinajstić information content (AvgIpc) is 2.86. The zero-order valence-corrected chi connectivity index (χ0v) is 21.3. The molecule has 0 saturated carbocycles. The van der Waals surface area contributed by atoms with Gasteiger partial charge in [0.25, 0.3) is 5.91 Å². The maximum absolute atomic E-state index is 11.8. The van der Waals surface area contributed by atoms with Crippen LogP contribution in [-0.4, -0.2) is 45.7 Å². The van der Waals surface area contributed by atoms with Crippen LogP contribution in [0.1, 0.15) is 15.9 Å². The molecule has 0 aliphatic rings. The molecule has 0 aliphatic carbocycles. The molecule has 3 aromatic carbocycles. The number of halogens is 1. The van der Waals surface area contributed by atoms with Crippen molar-refractivity contribution in [1.29, 1.82) is 0 Å². The topological polar surface area (TPSA) is 74.8 Å². The fraction of sp³-hybridized carbons (Fsp3) is 0.231. The Hall–Kier alpha value is -3.07. The summed E-state index contributed by atoms with van der Waals surface area (Å²) in [5.74, 6) is 1.50. The van der Waals surface area contributed by atoms with Crippen molar-refractivity contribution >= 4 is 35.8 Å². The Morgan fingerprint density at radius 1 is 0.909 bits per heavy atom. The third kappa shape index (κ3) is 8.09. The van der Waals surface area contributed by atoms with E-state index in [1.54, 1.807) is 14.1 Å². The minimum atomic E-state index is -0.0777. The lowest BCUT2D eigenvalue weighted by Crippen LogP contribution is -2.40. The van der Waals surface area contributed by atoms with Crippen molar-refractivity contribution in [2.45, 2.75) is 6.42 Å². The smallest absolute Gasteiger partial charge is 0.251 e. The van der Waals surface area contributed by atoms with Gasteiger partial charge in [0.05, 0.1) is 6.54 Å². The Morgan fingerprint density at radius 2 is 1.64 bits per heavy atom. The minimum absolute atomic E-state index is 0. The normalized spacial score (nSPS) is 10.7. The Bertz CT molecular complexity index is 1040. The molecule has 0 fully saturated rings. The van der Waals surface area contributed by atoms with Gasteiger partial charge in [0, 0.05) is 31.8 Å². The van der Waals surface area contributed by atoms with Crippen LogP contribution in [0, 0.1) is 0 Å². The molecule has 3 N–H and O–H groups in total. The van der Waals surface area contributed by atoms with Gasteiger partial charge in [-0.05, 0) is 35.7 Å². The summed E-state index contributed by atoms with van der Waals surface area (Å²) in [6.45, 7) is 1.84. The lowest BCUT2D eigenvalue weighted by atomic mass is 10.1. The summed E-state index contributed by atoms with van der Waals surface area (Å²) < 4.78 is 6.02. The number of guanidine groups is 1. The van der Waals surface area contributed by atoms with Crippen LogP contribution in [-0.2, 0) is 6.42 Å². The molecule has 0 bridgehead atoms. The van der Waals surface area contributed by atoms with Crippen molar-refractivity contribution in [2.24, 2.45) is 4.99 Å². The van der Waals surface area contributed by atoms with Gasteiger partial charge in [-0.15, -0.1) is 24.0 Å². The molecule has 3 rings (SSSR count). The first-order valence-corrected chi connectivity index (χ1v) is 10.7. The number of rotatable bonds is 9. The Labute approximate surface area is 212 Å². The fourth-order valence-electron chi connectivity index (χ4n) is 3.34. The molecule has 3 aromatic rings. The molecular formula is C26H31IN4O2. The first kappa shape index (κ1) is 26.2. The van der Waals surface area contributed by atoms with E-state index in [-0.39, 0.29) is 29.9 Å². The Kier molecular flexibility index (Phi) is 11.2. The summed E-state index contributed by atoms with van der Waals surface area (Å²) in [6.07, 6.45) is 0.784. The van der Waals surface area contributed by atoms with Crippen molar-refractivity contribution in [3.05, 3.63) is 90.0 Å². The highest BCUT2D eigenvalue weighted by Crippen LogP contribution is 2.29. The number of nitrogens with one attached hydrogen (secondary N) is 3. The zero-order chi connectivity index (χ0) is 22.6. The second-order valence-electron chi connectivity index (χ2n) is 7.17. The molecule has 6 nitrogen and oxygen atoms in total. The van der Waals surface area contributed by atoms with Crippen LogP contribution < -0.4 is 20.7 Å². The first-order valence-electron chi connectivity index (χ1n) is 10.7. The van der Waals surface area contributed by atoms with Gasteiger partial charge in [0.15, 0.2) is 5.96 Å². The second kappa shape index (κ2) is 14.2. The molecule has 33 heavy (non-hydrogen) atoms. The number of nitrogens with zero attached hydrogens (tertiary/aromatic N) is 1. The van der Waals surface area contributed by atoms with Gasteiger partial charge >= 0.3 is 0 Å². The molecule has 7 heteroatoms. The SMILES string of the molecule is CN=C(NCCOc1ccccc1-c1ccccc1)NCCc1cccc(C(=O)NC)c1.I. The summed E-state index contributed by atoms with van der Waals surface area (Å²) in [6, 6.07) is 25.9. The highest BCUT2D eigenvalue weighted by Gasteiger charge is 2.06. The monoisotopic (exact) mass is 558 g/mol. The Morgan fingerprint density at radius 3 is 2.39 bits per heavy atom. The highest BCUT2D eigenvalue weighted by molar-refractivity contribution is 14.0. The summed E-state index contributed by atoms with van der Waals surface area (Å²) in [5, 5.41) is 9.22. The lowest BCUT2D eigenvalue weighted by molar-refractivity contribution is 0.0963. The van der Waals surface area contributed by atoms with Gasteiger partial charge in [-0.3, -0.25) is 9.79 Å². The van der Waals surface area contributed by atoms with E-state index in [4.69, 9.17) is 4.74 Å². The van der Waals surface area contributed by atoms with E-state index in [1.165, 1.54) is 0 Å². The molecule has 0 radical (unpaired) electrons. The van der Waals surface area contributed by atoms with E-state index in [2.05, 4.69) is 39.1 Å². The first-order chi connectivity index (χ1) is 15.7. The number of carbonyl (C=O) groups is 1. The summed E-state index contributed by atoms with van der Waals surface area (Å²) in [7, 11) is 3.38. The van der Waals surface area contributed by atoms with E-state index >= 15 is 0 Å². The highest BCUT2D eigenvalue weighted by atomic mass is 127. The van der Waals surface area contributed by atoms with Crippen molar-refractivity contribution in [1.82, 2.24) is 16.0 Å². The largest absolute Gasteiger partial charge is 0.491 e. The van der Waals surface area contributed by atoms with E-state index in [0.29, 0.717) is 31.2 Å². The van der Waals surface area contributed by atoms with Crippen molar-refractivity contribution in [3.8, 4) is 16.9 Å². The molecule has 0 heterocycles. The number of aliphatic imine (C=N–C) groups is 1. The van der Waals surface area contributed by atoms with Crippen LogP contribution in [0.3, 0.4) is 0 Å². The van der Waals surface area contributed by atoms with Gasteiger partial charge in [-0.2, -0.15) is 0 Å². The van der Waals surface area contributed by atoms with Gasteiger partial charge in [-0.1, -0.05) is 60.7 Å².